The second-order valence-corrected chi connectivity index (χ2v) is 12.0. The zero-order chi connectivity index (χ0) is 32.8. The van der Waals surface area contributed by atoms with Crippen LogP contribution in [0, 0.1) is 19.3 Å². The highest BCUT2D eigenvalue weighted by atomic mass is 35.5. The molecule has 3 amide bonds. The molecule has 11 nitrogen and oxygen atoms in total. The molecule has 0 saturated heterocycles. The van der Waals surface area contributed by atoms with Crippen molar-refractivity contribution >= 4 is 34.9 Å². The monoisotopic (exact) mass is 635 g/mol. The number of hydrogen-bond acceptors (Lipinski definition) is 8. The molecule has 2 aromatic carbocycles. The predicted octanol–water partition coefficient (Wildman–Crippen LogP) is 4.43. The number of phenols is 1. The number of fused-ring (bicyclic) bond motifs is 1. The van der Waals surface area contributed by atoms with Crippen molar-refractivity contribution in [1.29, 1.82) is 0 Å². The van der Waals surface area contributed by atoms with Gasteiger partial charge in [0.2, 0.25) is 23.5 Å². The van der Waals surface area contributed by atoms with Crippen molar-refractivity contribution < 1.29 is 29.0 Å². The number of nitrogens with zero attached hydrogens (tertiary/aromatic N) is 2. The molecular weight excluding hydrogens is 598 g/mol. The zero-order valence-corrected chi connectivity index (χ0v) is 26.6. The largest absolute Gasteiger partial charge is 0.502 e. The van der Waals surface area contributed by atoms with Crippen molar-refractivity contribution in [2.24, 2.45) is 10.2 Å². The fourth-order valence-electron chi connectivity index (χ4n) is 5.12. The van der Waals surface area contributed by atoms with Crippen molar-refractivity contribution in [3.63, 3.8) is 0 Å². The molecule has 2 aromatic rings. The maximum Gasteiger partial charge on any atom is 0.243 e. The number of terminal acetylenes is 1. The van der Waals surface area contributed by atoms with Crippen LogP contribution < -0.4 is 25.4 Å². The number of nitrogens with one attached hydrogen (secondary N) is 3. The maximum absolute atomic E-state index is 12.8. The third kappa shape index (κ3) is 8.54. The van der Waals surface area contributed by atoms with Crippen LogP contribution in [-0.4, -0.2) is 60.3 Å². The number of phenolic OH excluding ortho intramolecular Hbond substituents is 1. The molecular formula is C33H38ClN5O6. The predicted molar refractivity (Wildman–Crippen MR) is 170 cm³/mol. The third-order valence-corrected chi connectivity index (χ3v) is 7.99. The molecule has 238 valence electrons. The molecule has 2 aliphatic rings. The van der Waals surface area contributed by atoms with Gasteiger partial charge in [-0.2, -0.15) is 10.2 Å². The summed E-state index contributed by atoms with van der Waals surface area (Å²) in [4.78, 5) is 38.0. The van der Waals surface area contributed by atoms with Gasteiger partial charge in [-0.25, -0.2) is 0 Å². The Morgan fingerprint density at radius 1 is 1.09 bits per heavy atom. The van der Waals surface area contributed by atoms with Gasteiger partial charge in [-0.1, -0.05) is 23.6 Å². The second-order valence-electron chi connectivity index (χ2n) is 11.5. The van der Waals surface area contributed by atoms with E-state index in [2.05, 4.69) is 32.1 Å². The number of aromatic hydroxyl groups is 1. The number of hydrogen-bond donors (Lipinski definition) is 4. The van der Waals surface area contributed by atoms with Crippen molar-refractivity contribution in [1.82, 2.24) is 16.0 Å². The first-order valence-electron chi connectivity index (χ1n) is 14.7. The van der Waals surface area contributed by atoms with Crippen LogP contribution in [0.2, 0.25) is 5.02 Å². The van der Waals surface area contributed by atoms with E-state index in [1.165, 1.54) is 7.11 Å². The molecule has 2 atom stereocenters. The molecule has 2 aliphatic heterocycles. The molecule has 0 spiro atoms. The number of carbonyl (C=O) groups is 3. The van der Waals surface area contributed by atoms with E-state index in [9.17, 15) is 19.5 Å². The lowest BCUT2D eigenvalue weighted by Crippen LogP contribution is -2.47. The summed E-state index contributed by atoms with van der Waals surface area (Å²) in [6.07, 6.45) is 8.37. The Hall–Kier alpha value is -4.56. The molecule has 0 aromatic heterocycles. The fourth-order valence-corrected chi connectivity index (χ4v) is 5.35. The first kappa shape index (κ1) is 33.3. The summed E-state index contributed by atoms with van der Waals surface area (Å²) >= 11 is 6.21. The van der Waals surface area contributed by atoms with Gasteiger partial charge in [0, 0.05) is 30.0 Å². The van der Waals surface area contributed by atoms with Crippen molar-refractivity contribution in [2.75, 3.05) is 20.2 Å². The molecule has 0 bridgehead atoms. The zero-order valence-electron chi connectivity index (χ0n) is 25.8. The van der Waals surface area contributed by atoms with Crippen LogP contribution >= 0.6 is 11.6 Å². The van der Waals surface area contributed by atoms with Gasteiger partial charge < -0.3 is 30.5 Å². The Balaban J connectivity index is 1.37. The van der Waals surface area contributed by atoms with E-state index in [4.69, 9.17) is 27.5 Å². The number of carbonyl (C=O) groups excluding carboxylic acids is 3. The number of halogens is 1. The van der Waals surface area contributed by atoms with E-state index in [1.807, 2.05) is 45.0 Å². The standard InChI is InChI=1S/C33H38ClN5O6/c1-6-16-36-31(43)25(11-15-33(4)38-39-33)37-28(41)13-17-35-27(40)12-14-32(3)19-24(22-8-7-21(34)18-20(22)2)23-9-10-26(44-5)29(42)30(23)45-32/h1,7-10,18-19,25,42H,11-17H2,2-5H3,(H,35,40)(H,36,43)(H,37,41). The Bertz CT molecular complexity index is 1580. The van der Waals surface area contributed by atoms with E-state index in [-0.39, 0.29) is 67.3 Å². The van der Waals surface area contributed by atoms with Crippen LogP contribution in [-0.2, 0) is 14.4 Å². The summed E-state index contributed by atoms with van der Waals surface area (Å²) in [5.74, 6) is 1.69. The Morgan fingerprint density at radius 2 is 1.82 bits per heavy atom. The number of amides is 3. The Morgan fingerprint density at radius 3 is 2.49 bits per heavy atom. The molecule has 2 unspecified atom stereocenters. The fraction of sp³-hybridized carbons (Fsp3) is 0.424. The first-order chi connectivity index (χ1) is 21.4. The van der Waals surface area contributed by atoms with Gasteiger partial charge in [0.25, 0.3) is 0 Å². The first-order valence-corrected chi connectivity index (χ1v) is 15.0. The SMILES string of the molecule is C#CCNC(=O)C(CCC1(C)N=N1)NC(=O)CCNC(=O)CCC1(C)C=C(c2ccc(Cl)cc2C)c2ccc(OC)c(O)c2O1. The van der Waals surface area contributed by atoms with Gasteiger partial charge in [-0.15, -0.1) is 6.42 Å². The summed E-state index contributed by atoms with van der Waals surface area (Å²) < 4.78 is 11.6. The molecule has 0 saturated carbocycles. The average Bonchev–Trinajstić information content (AvgIpc) is 3.74. The van der Waals surface area contributed by atoms with Crippen molar-refractivity contribution in [3.8, 4) is 29.6 Å². The van der Waals surface area contributed by atoms with Gasteiger partial charge in [0.1, 0.15) is 11.6 Å². The van der Waals surface area contributed by atoms with E-state index in [0.29, 0.717) is 23.4 Å². The van der Waals surface area contributed by atoms with E-state index in [0.717, 1.165) is 16.7 Å². The lowest BCUT2D eigenvalue weighted by Gasteiger charge is -2.35. The highest BCUT2D eigenvalue weighted by Gasteiger charge is 2.36. The van der Waals surface area contributed by atoms with Crippen LogP contribution in [0.5, 0.6) is 17.2 Å². The average molecular weight is 636 g/mol. The lowest BCUT2D eigenvalue weighted by atomic mass is 9.85. The summed E-state index contributed by atoms with van der Waals surface area (Å²) in [7, 11) is 1.46. The van der Waals surface area contributed by atoms with Crippen molar-refractivity contribution in [2.45, 2.75) is 70.2 Å². The number of ether oxygens (including phenoxy) is 2. The van der Waals surface area contributed by atoms with Crippen LogP contribution in [0.3, 0.4) is 0 Å². The highest BCUT2D eigenvalue weighted by Crippen LogP contribution is 2.49. The van der Waals surface area contributed by atoms with Crippen molar-refractivity contribution in [3.05, 3.63) is 58.1 Å². The maximum atomic E-state index is 12.8. The van der Waals surface area contributed by atoms with E-state index in [1.54, 1.807) is 12.1 Å². The van der Waals surface area contributed by atoms with Crippen LogP contribution in [0.25, 0.3) is 5.57 Å². The number of rotatable bonds is 14. The number of aryl methyl sites for hydroxylation is 1. The topological polar surface area (TPSA) is 151 Å². The second kappa shape index (κ2) is 14.0. The van der Waals surface area contributed by atoms with E-state index < -0.39 is 17.3 Å². The van der Waals surface area contributed by atoms with Gasteiger partial charge in [0.05, 0.1) is 13.7 Å². The molecule has 45 heavy (non-hydrogen) atoms. The van der Waals surface area contributed by atoms with Crippen LogP contribution in [0.1, 0.15) is 62.6 Å². The van der Waals surface area contributed by atoms with E-state index >= 15 is 0 Å². The van der Waals surface area contributed by atoms with Gasteiger partial charge >= 0.3 is 0 Å². The van der Waals surface area contributed by atoms with Gasteiger partial charge in [-0.3, -0.25) is 14.4 Å². The highest BCUT2D eigenvalue weighted by molar-refractivity contribution is 6.30. The molecule has 4 rings (SSSR count). The molecule has 12 heteroatoms. The summed E-state index contributed by atoms with van der Waals surface area (Å²) in [5.41, 5.74) is 1.91. The third-order valence-electron chi connectivity index (χ3n) is 7.76. The number of methoxy groups -OCH3 is 1. The molecule has 2 heterocycles. The van der Waals surface area contributed by atoms with Crippen LogP contribution in [0.15, 0.2) is 46.6 Å². The molecule has 4 N–H and O–H groups in total. The van der Waals surface area contributed by atoms with Gasteiger partial charge in [-0.05, 0) is 87.1 Å². The van der Waals surface area contributed by atoms with Crippen LogP contribution in [0.4, 0.5) is 0 Å². The molecule has 0 aliphatic carbocycles. The minimum Gasteiger partial charge on any atom is -0.502 e. The minimum atomic E-state index is -0.956. The summed E-state index contributed by atoms with van der Waals surface area (Å²) in [5, 5.41) is 27.5. The summed E-state index contributed by atoms with van der Waals surface area (Å²) in [6, 6.07) is 8.28. The Labute approximate surface area is 267 Å². The lowest BCUT2D eigenvalue weighted by molar-refractivity contribution is -0.129. The quantitative estimate of drug-likeness (QED) is 0.226. The molecule has 0 fully saturated rings. The smallest absolute Gasteiger partial charge is 0.243 e. The Kier molecular flexibility index (Phi) is 10.4. The normalized spacial score (nSPS) is 17.9. The number of benzene rings is 2. The molecule has 0 radical (unpaired) electrons. The van der Waals surface area contributed by atoms with Gasteiger partial charge in [0.15, 0.2) is 17.2 Å². The minimum absolute atomic E-state index is 0.0224. The summed E-state index contributed by atoms with van der Waals surface area (Å²) in [6.45, 7) is 5.76.